The van der Waals surface area contributed by atoms with E-state index in [0.29, 0.717) is 12.0 Å². The fourth-order valence-corrected chi connectivity index (χ4v) is 6.37. The molecule has 9 heteroatoms. The first kappa shape index (κ1) is 24.0. The average Bonchev–Trinajstić information content (AvgIpc) is 2.73. The van der Waals surface area contributed by atoms with Crippen LogP contribution in [0.1, 0.15) is 36.6 Å². The lowest BCUT2D eigenvalue weighted by molar-refractivity contribution is 0.578. The monoisotopic (exact) mass is 476 g/mol. The van der Waals surface area contributed by atoms with Gasteiger partial charge in [0.2, 0.25) is 19.9 Å². The topological polar surface area (TPSA) is 93.2 Å². The molecular weight excluding hydrogens is 451 g/mol. The molecule has 1 aromatic heterocycles. The molecule has 0 spiro atoms. The lowest BCUT2D eigenvalue weighted by atomic mass is 10.0. The zero-order chi connectivity index (χ0) is 23.5. The van der Waals surface area contributed by atoms with E-state index >= 15 is 0 Å². The van der Waals surface area contributed by atoms with Gasteiger partial charge < -0.3 is 0 Å². The number of aryl methyl sites for hydroxylation is 1. The van der Waals surface area contributed by atoms with Crippen molar-refractivity contribution in [1.82, 2.24) is 9.71 Å². The van der Waals surface area contributed by atoms with Gasteiger partial charge >= 0.3 is 0 Å². The molecule has 0 aliphatic heterocycles. The van der Waals surface area contributed by atoms with E-state index < -0.39 is 25.7 Å². The molecule has 0 atom stereocenters. The van der Waals surface area contributed by atoms with Crippen molar-refractivity contribution in [3.05, 3.63) is 83.4 Å². The third kappa shape index (κ3) is 5.23. The van der Waals surface area contributed by atoms with Crippen LogP contribution in [0.5, 0.6) is 0 Å². The number of pyridine rings is 1. The first-order chi connectivity index (χ1) is 15.0. The number of hydrogen-bond acceptors (Lipinski definition) is 5. The van der Waals surface area contributed by atoms with Gasteiger partial charge in [-0.25, -0.2) is 25.9 Å². The second-order valence-electron chi connectivity index (χ2n) is 7.74. The number of aromatic nitrogens is 1. The number of sulfone groups is 1. The van der Waals surface area contributed by atoms with Gasteiger partial charge in [-0.3, -0.25) is 4.98 Å². The summed E-state index contributed by atoms with van der Waals surface area (Å²) in [5.41, 5.74) is 1.49. The first-order valence-corrected chi connectivity index (χ1v) is 13.0. The van der Waals surface area contributed by atoms with Crippen LogP contribution in [0.3, 0.4) is 0 Å². The maximum atomic E-state index is 13.5. The molecule has 0 bridgehead atoms. The van der Waals surface area contributed by atoms with E-state index in [9.17, 15) is 21.2 Å². The van der Waals surface area contributed by atoms with Gasteiger partial charge in [0.1, 0.15) is 5.82 Å². The largest absolute Gasteiger partial charge is 0.261 e. The van der Waals surface area contributed by atoms with Crippen LogP contribution in [0.4, 0.5) is 4.39 Å². The third-order valence-electron chi connectivity index (χ3n) is 5.03. The molecular formula is C23H25FN2O4S2. The molecule has 2 aromatic carbocycles. The molecule has 0 saturated carbocycles. The second kappa shape index (κ2) is 9.48. The molecule has 1 heterocycles. The molecule has 170 valence electrons. The molecule has 0 amide bonds. The number of nitrogens with zero attached hydrogens (tertiary/aromatic N) is 1. The predicted octanol–water partition coefficient (Wildman–Crippen LogP) is 4.01. The molecule has 0 unspecified atom stereocenters. The van der Waals surface area contributed by atoms with Crippen molar-refractivity contribution < 1.29 is 21.2 Å². The van der Waals surface area contributed by atoms with Crippen LogP contribution in [0.15, 0.2) is 75.5 Å². The van der Waals surface area contributed by atoms with Crippen molar-refractivity contribution in [3.63, 3.8) is 0 Å². The van der Waals surface area contributed by atoms with Gasteiger partial charge in [0.25, 0.3) is 0 Å². The molecule has 6 nitrogen and oxygen atoms in total. The summed E-state index contributed by atoms with van der Waals surface area (Å²) in [6.07, 6.45) is 2.02. The minimum Gasteiger partial charge on any atom is -0.261 e. The van der Waals surface area contributed by atoms with E-state index in [1.54, 1.807) is 18.3 Å². The molecule has 0 saturated heterocycles. The van der Waals surface area contributed by atoms with Gasteiger partial charge in [0.15, 0.2) is 0 Å². The Bertz CT molecular complexity index is 1320. The zero-order valence-corrected chi connectivity index (χ0v) is 19.7. The van der Waals surface area contributed by atoms with Crippen LogP contribution in [0, 0.1) is 12.7 Å². The van der Waals surface area contributed by atoms with Gasteiger partial charge in [-0.2, -0.15) is 0 Å². The van der Waals surface area contributed by atoms with Gasteiger partial charge in [-0.1, -0.05) is 26.0 Å². The smallest absolute Gasteiger partial charge is 0.240 e. The Morgan fingerprint density at radius 2 is 1.72 bits per heavy atom. The van der Waals surface area contributed by atoms with Crippen LogP contribution >= 0.6 is 0 Å². The summed E-state index contributed by atoms with van der Waals surface area (Å²) in [4.78, 5) is 3.85. The number of nitrogens with one attached hydrogen (secondary N) is 1. The summed E-state index contributed by atoms with van der Waals surface area (Å²) in [5.74, 6) is -0.696. The highest BCUT2D eigenvalue weighted by Crippen LogP contribution is 2.30. The van der Waals surface area contributed by atoms with Crippen molar-refractivity contribution in [2.75, 3.05) is 6.54 Å². The fourth-order valence-electron chi connectivity index (χ4n) is 3.37. The maximum absolute atomic E-state index is 13.5. The van der Waals surface area contributed by atoms with Gasteiger partial charge in [0.05, 0.1) is 14.7 Å². The average molecular weight is 477 g/mol. The van der Waals surface area contributed by atoms with Gasteiger partial charge in [-0.15, -0.1) is 0 Å². The van der Waals surface area contributed by atoms with Crippen molar-refractivity contribution in [2.45, 2.75) is 47.8 Å². The van der Waals surface area contributed by atoms with E-state index in [-0.39, 0.29) is 32.7 Å². The van der Waals surface area contributed by atoms with Crippen LogP contribution < -0.4 is 4.72 Å². The molecule has 1 N–H and O–H groups in total. The van der Waals surface area contributed by atoms with E-state index in [4.69, 9.17) is 0 Å². The molecule has 0 aliphatic rings. The first-order valence-electron chi connectivity index (χ1n) is 10.1. The van der Waals surface area contributed by atoms with Gasteiger partial charge in [0, 0.05) is 24.9 Å². The minimum absolute atomic E-state index is 0.0670. The van der Waals surface area contributed by atoms with Crippen LogP contribution in [-0.2, 0) is 26.3 Å². The Morgan fingerprint density at radius 1 is 0.969 bits per heavy atom. The number of sulfonamides is 1. The third-order valence-corrected chi connectivity index (χ3v) is 8.46. The summed E-state index contributed by atoms with van der Waals surface area (Å²) in [6, 6.07) is 12.9. The minimum atomic E-state index is -4.04. The van der Waals surface area contributed by atoms with E-state index in [0.717, 1.165) is 17.8 Å². The Balaban J connectivity index is 1.98. The van der Waals surface area contributed by atoms with E-state index in [2.05, 4.69) is 9.71 Å². The highest BCUT2D eigenvalue weighted by molar-refractivity contribution is 7.91. The van der Waals surface area contributed by atoms with Crippen LogP contribution in [0.25, 0.3) is 0 Å². The fraction of sp³-hybridized carbons (Fsp3) is 0.261. The Labute approximate surface area is 188 Å². The molecule has 3 aromatic rings. The summed E-state index contributed by atoms with van der Waals surface area (Å²) in [6.45, 7) is 5.28. The molecule has 32 heavy (non-hydrogen) atoms. The number of hydrogen-bond donors (Lipinski definition) is 1. The number of rotatable bonds is 8. The summed E-state index contributed by atoms with van der Waals surface area (Å²) in [5, 5.41) is 0. The Kier molecular flexibility index (Phi) is 7.12. The lowest BCUT2D eigenvalue weighted by Crippen LogP contribution is -2.27. The predicted molar refractivity (Wildman–Crippen MR) is 120 cm³/mol. The maximum Gasteiger partial charge on any atom is 0.240 e. The highest BCUT2D eigenvalue weighted by atomic mass is 32.2. The SMILES string of the molecule is Cc1cc(F)ccc1S(=O)(=O)c1ccc(C(C)C)c(S(=O)(=O)NCCc2ccccn2)c1. The van der Waals surface area contributed by atoms with Crippen LogP contribution in [0.2, 0.25) is 0 Å². The normalized spacial score (nSPS) is 12.3. The zero-order valence-electron chi connectivity index (χ0n) is 18.0. The molecule has 3 rings (SSSR count). The number of benzene rings is 2. The Hall–Kier alpha value is -2.62. The van der Waals surface area contributed by atoms with Gasteiger partial charge in [-0.05, 0) is 66.4 Å². The second-order valence-corrected chi connectivity index (χ2v) is 11.4. The van der Waals surface area contributed by atoms with Crippen molar-refractivity contribution in [1.29, 1.82) is 0 Å². The van der Waals surface area contributed by atoms with E-state index in [1.165, 1.54) is 31.2 Å². The lowest BCUT2D eigenvalue weighted by Gasteiger charge is -2.16. The summed E-state index contributed by atoms with van der Waals surface area (Å²) in [7, 11) is -8.03. The summed E-state index contributed by atoms with van der Waals surface area (Å²) < 4.78 is 68.6. The van der Waals surface area contributed by atoms with Crippen molar-refractivity contribution in [3.8, 4) is 0 Å². The standard InChI is InChI=1S/C23H25FN2O4S2/c1-16(2)21-9-8-20(31(27,28)22-10-7-18(24)14-17(22)3)15-23(21)32(29,30)26-13-11-19-6-4-5-12-25-19/h4-10,12,14-16,26H,11,13H2,1-3H3. The number of halogens is 1. The quantitative estimate of drug-likeness (QED) is 0.496. The van der Waals surface area contributed by atoms with Crippen molar-refractivity contribution in [2.24, 2.45) is 0 Å². The van der Waals surface area contributed by atoms with Crippen molar-refractivity contribution >= 4 is 19.9 Å². The Morgan fingerprint density at radius 3 is 2.34 bits per heavy atom. The highest BCUT2D eigenvalue weighted by Gasteiger charge is 2.26. The summed E-state index contributed by atoms with van der Waals surface area (Å²) >= 11 is 0. The van der Waals surface area contributed by atoms with Crippen LogP contribution in [-0.4, -0.2) is 28.4 Å². The van der Waals surface area contributed by atoms with E-state index in [1.807, 2.05) is 19.9 Å². The molecule has 0 fully saturated rings. The molecule has 0 aliphatic carbocycles. The molecule has 0 radical (unpaired) electrons.